The van der Waals surface area contributed by atoms with Gasteiger partial charge >= 0.3 is 11.9 Å². The first-order valence-corrected chi connectivity index (χ1v) is 25.5. The second-order valence-corrected chi connectivity index (χ2v) is 20.7. The smallest absolute Gasteiger partial charge is 0.361 e. The molecule has 0 radical (unpaired) electrons. The Morgan fingerprint density at radius 3 is 1.55 bits per heavy atom. The van der Waals surface area contributed by atoms with Gasteiger partial charge < -0.3 is 55.5 Å². The highest BCUT2D eigenvalue weighted by Crippen LogP contribution is 2.42. The van der Waals surface area contributed by atoms with E-state index in [-0.39, 0.29) is 48.2 Å². The summed E-state index contributed by atoms with van der Waals surface area (Å²) in [5.41, 5.74) is 15.4. The Labute approximate surface area is 462 Å². The number of nitrogens with zero attached hydrogens (tertiary/aromatic N) is 4. The molecule has 6 aromatic rings. The van der Waals surface area contributed by atoms with E-state index >= 15 is 0 Å². The Balaban J connectivity index is 0.000000272. The quantitative estimate of drug-likeness (QED) is 0.0262. The molecule has 380 valence electrons. The molecular weight excluding hydrogens is 1210 g/mol. The number of halogens is 6. The summed E-state index contributed by atoms with van der Waals surface area (Å²) in [4.78, 5) is 42.0. The van der Waals surface area contributed by atoms with Gasteiger partial charge in [0.05, 0.1) is 39.7 Å². The van der Waals surface area contributed by atoms with Crippen molar-refractivity contribution in [3.05, 3.63) is 138 Å². The van der Waals surface area contributed by atoms with Crippen LogP contribution in [0.15, 0.2) is 104 Å². The highest BCUT2D eigenvalue weighted by Gasteiger charge is 2.28. The molecule has 8 rings (SSSR count). The van der Waals surface area contributed by atoms with Gasteiger partial charge in [-0.05, 0) is 134 Å². The number of nitrogens with one attached hydrogen (secondary N) is 2. The molecule has 0 bridgehead atoms. The first-order chi connectivity index (χ1) is 32.9. The maximum atomic E-state index is 11.6. The van der Waals surface area contributed by atoms with Gasteiger partial charge in [-0.1, -0.05) is 101 Å². The van der Waals surface area contributed by atoms with Crippen molar-refractivity contribution in [1.82, 2.24) is 14.9 Å². The number of carbonyl (C=O) groups is 2. The van der Waals surface area contributed by atoms with Gasteiger partial charge in [0.25, 0.3) is 0 Å². The van der Waals surface area contributed by atoms with Gasteiger partial charge in [-0.25, -0.2) is 4.79 Å². The molecule has 18 heteroatoms. The minimum Gasteiger partial charge on any atom is -1.00 e. The first-order valence-electron chi connectivity index (χ1n) is 22.0. The lowest BCUT2D eigenvalue weighted by atomic mass is 10.0. The molecule has 2 aliphatic carbocycles. The SMILES string of the molecule is C.CC(=NOCCN(C)C)C1=C(c2cc3cc(Cl)ccc3[nH]2)Cc2cc(Br)ccc21.COC(=O)CBr.COC(=O)C[N+](C)(C)CCON=C(C)C1=C(c2cc3cc(Cl)ccc3[nH]2)Cc2cc(Br)ccc21.[Br-]. The van der Waals surface area contributed by atoms with Gasteiger partial charge in [-0.15, -0.1) is 0 Å². The standard InChI is InChI=1S/C26H28BrClN3O3.C23H23BrClN3O.C3H5BrO2.CH4.BrH/c1-16(30-34-10-9-31(2,3)15-25(32)33-4)26-21-7-5-19(27)11-17(21)13-22(26)24-14-18-12-20(28)6-8-23(18)29-24;1-14(27-29-9-8-28(2)3)23-19-6-4-17(24)10-15(19)12-20(23)22-13-16-11-18(25)5-7-21(16)26-22;1-6-3(5)2-4;;/h5-8,11-12,14,29H,9-10,13,15H2,1-4H3;4-7,10-11,13,26H,8-9,12H2,1-3H3;2H2,1H3;1H4;1H/q+1;;;;/p-1. The fraction of sp³-hybridized carbons (Fsp3) is 0.321. The molecule has 12 nitrogen and oxygen atoms in total. The van der Waals surface area contributed by atoms with Crippen LogP contribution in [0.2, 0.25) is 10.0 Å². The van der Waals surface area contributed by atoms with E-state index in [1.807, 2.05) is 84.5 Å². The Kier molecular flexibility index (Phi) is 22.7. The van der Waals surface area contributed by atoms with Crippen molar-refractivity contribution in [3.63, 3.8) is 0 Å². The van der Waals surface area contributed by atoms with Crippen LogP contribution in [0.5, 0.6) is 0 Å². The number of likely N-dealkylation sites (N-methyl/N-ethyl adjacent to an activating group) is 2. The lowest BCUT2D eigenvalue weighted by Gasteiger charge is -2.27. The van der Waals surface area contributed by atoms with Crippen molar-refractivity contribution < 1.29 is 50.2 Å². The van der Waals surface area contributed by atoms with Crippen LogP contribution in [-0.2, 0) is 41.6 Å². The van der Waals surface area contributed by atoms with Crippen molar-refractivity contribution in [2.24, 2.45) is 10.3 Å². The maximum Gasteiger partial charge on any atom is 0.361 e. The Bertz CT molecular complexity index is 2970. The Morgan fingerprint density at radius 1 is 0.690 bits per heavy atom. The minimum atomic E-state index is -0.243. The van der Waals surface area contributed by atoms with Crippen molar-refractivity contribution in [1.29, 1.82) is 0 Å². The van der Waals surface area contributed by atoms with Crippen LogP contribution in [-0.4, -0.2) is 123 Å². The van der Waals surface area contributed by atoms with Gasteiger partial charge in [-0.3, -0.25) is 4.79 Å². The number of H-pyrrole nitrogens is 2. The number of rotatable bonds is 15. The molecule has 2 heterocycles. The van der Waals surface area contributed by atoms with Crippen LogP contribution >= 0.6 is 71.0 Å². The summed E-state index contributed by atoms with van der Waals surface area (Å²) in [7, 11) is 10.7. The number of hydrogen-bond acceptors (Lipinski definition) is 9. The van der Waals surface area contributed by atoms with Gasteiger partial charge in [0.15, 0.2) is 13.2 Å². The first kappa shape index (κ1) is 59.3. The van der Waals surface area contributed by atoms with Gasteiger partial charge in [0.1, 0.15) is 18.5 Å². The number of ether oxygens (including phenoxy) is 2. The highest BCUT2D eigenvalue weighted by molar-refractivity contribution is 9.10. The van der Waals surface area contributed by atoms with E-state index < -0.39 is 0 Å². The Hall–Kier alpha value is -4.26. The molecule has 0 unspecified atom stereocenters. The van der Waals surface area contributed by atoms with E-state index in [4.69, 9.17) is 37.6 Å². The minimum absolute atomic E-state index is 0. The van der Waals surface area contributed by atoms with E-state index in [1.54, 1.807) is 0 Å². The number of hydrogen-bond donors (Lipinski definition) is 2. The van der Waals surface area contributed by atoms with E-state index in [9.17, 15) is 9.59 Å². The fourth-order valence-electron chi connectivity index (χ4n) is 8.04. The molecule has 0 fully saturated rings. The number of carbonyl (C=O) groups excluding carboxylic acids is 2. The van der Waals surface area contributed by atoms with Crippen LogP contribution in [0.4, 0.5) is 0 Å². The number of allylic oxidation sites excluding steroid dienone is 4. The second-order valence-electron chi connectivity index (χ2n) is 17.4. The van der Waals surface area contributed by atoms with Crippen molar-refractivity contribution in [2.75, 3.05) is 80.6 Å². The van der Waals surface area contributed by atoms with Crippen LogP contribution in [0.25, 0.3) is 44.1 Å². The monoisotopic (exact) mass is 1260 g/mol. The predicted octanol–water partition coefficient (Wildman–Crippen LogP) is 9.89. The zero-order valence-electron chi connectivity index (χ0n) is 40.2. The third-order valence-corrected chi connectivity index (χ3v) is 13.4. The molecular formula is C53H60Br4Cl2N6O6. The summed E-state index contributed by atoms with van der Waals surface area (Å²) in [5.74, 6) is -0.483. The number of benzene rings is 4. The Morgan fingerprint density at radius 2 is 1.14 bits per heavy atom. The summed E-state index contributed by atoms with van der Waals surface area (Å²) in [6.07, 6.45) is 1.63. The van der Waals surface area contributed by atoms with Crippen LogP contribution in [0.1, 0.15) is 54.9 Å². The maximum absolute atomic E-state index is 11.6. The molecule has 2 aromatic heterocycles. The number of alkyl halides is 1. The number of quaternary nitrogens is 1. The molecule has 71 heavy (non-hydrogen) atoms. The topological polar surface area (TPSA) is 131 Å². The lowest BCUT2D eigenvalue weighted by Crippen LogP contribution is -3.00. The second kappa shape index (κ2) is 27.2. The summed E-state index contributed by atoms with van der Waals surface area (Å²) >= 11 is 22.5. The third-order valence-electron chi connectivity index (χ3n) is 11.5. The molecule has 2 aliphatic rings. The molecule has 2 N–H and O–H groups in total. The molecule has 0 saturated carbocycles. The number of methoxy groups -OCH3 is 2. The molecule has 0 spiro atoms. The van der Waals surface area contributed by atoms with Crippen molar-refractivity contribution >= 4 is 138 Å². The van der Waals surface area contributed by atoms with Gasteiger partial charge in [0, 0.05) is 82.7 Å². The van der Waals surface area contributed by atoms with Crippen LogP contribution in [0.3, 0.4) is 0 Å². The van der Waals surface area contributed by atoms with Crippen LogP contribution < -0.4 is 17.0 Å². The summed E-state index contributed by atoms with van der Waals surface area (Å²) in [6.45, 7) is 6.68. The largest absolute Gasteiger partial charge is 1.00 e. The molecule has 0 saturated heterocycles. The average molecular weight is 1270 g/mol. The fourth-order valence-corrected chi connectivity index (χ4v) is 9.45. The van der Waals surface area contributed by atoms with Crippen molar-refractivity contribution in [2.45, 2.75) is 34.1 Å². The highest BCUT2D eigenvalue weighted by atomic mass is 79.9. The predicted molar refractivity (Wildman–Crippen MR) is 299 cm³/mol. The van der Waals surface area contributed by atoms with E-state index in [0.29, 0.717) is 29.3 Å². The zero-order chi connectivity index (χ0) is 50.0. The summed E-state index contributed by atoms with van der Waals surface area (Å²) in [5, 5.41) is 12.8. The zero-order valence-corrected chi connectivity index (χ0v) is 48.1. The number of esters is 2. The average Bonchev–Trinajstić information content (AvgIpc) is 4.11. The van der Waals surface area contributed by atoms with E-state index in [0.717, 1.165) is 94.7 Å². The number of aromatic nitrogens is 2. The molecule has 0 aliphatic heterocycles. The van der Waals surface area contributed by atoms with Gasteiger partial charge in [0.2, 0.25) is 0 Å². The van der Waals surface area contributed by atoms with E-state index in [2.05, 4.69) is 120 Å². The molecule has 0 amide bonds. The number of fused-ring (bicyclic) bond motifs is 4. The normalized spacial score (nSPS) is 13.2. The number of oxime groups is 2. The lowest BCUT2D eigenvalue weighted by molar-refractivity contribution is -0.883. The number of aromatic amines is 2. The van der Waals surface area contributed by atoms with Crippen molar-refractivity contribution in [3.8, 4) is 0 Å². The molecule has 4 aromatic carbocycles. The summed E-state index contributed by atoms with van der Waals surface area (Å²) in [6, 6.07) is 28.8. The summed E-state index contributed by atoms with van der Waals surface area (Å²) < 4.78 is 11.6. The van der Waals surface area contributed by atoms with Gasteiger partial charge in [-0.2, -0.15) is 0 Å². The van der Waals surface area contributed by atoms with E-state index in [1.165, 1.54) is 42.1 Å². The van der Waals surface area contributed by atoms with Crippen LogP contribution in [0, 0.1) is 0 Å². The molecule has 0 atom stereocenters. The third kappa shape index (κ3) is 15.9.